The molecule has 0 spiro atoms. The lowest BCUT2D eigenvalue weighted by atomic mass is 9.76. The molecule has 0 saturated heterocycles. The second-order valence-corrected chi connectivity index (χ2v) is 7.92. The van der Waals surface area contributed by atoms with Crippen molar-refractivity contribution in [3.63, 3.8) is 0 Å². The van der Waals surface area contributed by atoms with Gasteiger partial charge in [0.05, 0.1) is 0 Å². The fraction of sp³-hybridized carbons (Fsp3) is 1.00. The molecule has 4 atom stereocenters. The van der Waals surface area contributed by atoms with E-state index in [2.05, 4.69) is 12.2 Å². The summed E-state index contributed by atoms with van der Waals surface area (Å²) in [6.45, 7) is 3.23. The quantitative estimate of drug-likeness (QED) is 0.727. The van der Waals surface area contributed by atoms with Crippen LogP contribution in [0.4, 0.5) is 8.78 Å². The number of hydrogen-bond acceptors (Lipinski definition) is 1. The Labute approximate surface area is 128 Å². The maximum absolute atomic E-state index is 13.4. The molecule has 0 amide bonds. The van der Waals surface area contributed by atoms with Gasteiger partial charge in [0, 0.05) is 18.9 Å². The minimum Gasteiger partial charge on any atom is -0.314 e. The second kappa shape index (κ2) is 6.52. The monoisotopic (exact) mass is 299 g/mol. The highest BCUT2D eigenvalue weighted by Crippen LogP contribution is 2.50. The second-order valence-electron chi connectivity index (χ2n) is 7.92. The lowest BCUT2D eigenvalue weighted by Gasteiger charge is -2.37. The molecule has 4 unspecified atom stereocenters. The van der Waals surface area contributed by atoms with E-state index in [0.29, 0.717) is 12.0 Å². The lowest BCUT2D eigenvalue weighted by molar-refractivity contribution is -0.0506. The van der Waals surface area contributed by atoms with Crippen molar-refractivity contribution in [3.05, 3.63) is 0 Å². The molecule has 0 aromatic carbocycles. The van der Waals surface area contributed by atoms with Gasteiger partial charge in [0.1, 0.15) is 0 Å². The Morgan fingerprint density at radius 2 is 1.86 bits per heavy atom. The Hall–Kier alpha value is -0.180. The SMILES string of the molecule is CCCNC(CC1CC2CCC1C2)C1CCC(F)(F)CC1. The van der Waals surface area contributed by atoms with Crippen molar-refractivity contribution in [2.75, 3.05) is 6.54 Å². The third-order valence-electron chi connectivity index (χ3n) is 6.43. The highest BCUT2D eigenvalue weighted by molar-refractivity contribution is 4.94. The lowest BCUT2D eigenvalue weighted by Crippen LogP contribution is -2.42. The smallest absolute Gasteiger partial charge is 0.248 e. The summed E-state index contributed by atoms with van der Waals surface area (Å²) in [5.41, 5.74) is 0. The Balaban J connectivity index is 1.56. The molecule has 0 radical (unpaired) electrons. The normalized spacial score (nSPS) is 37.0. The van der Waals surface area contributed by atoms with Crippen LogP contribution in [-0.2, 0) is 0 Å². The molecule has 0 aromatic rings. The van der Waals surface area contributed by atoms with Crippen LogP contribution in [0.5, 0.6) is 0 Å². The van der Waals surface area contributed by atoms with Crippen LogP contribution in [0.1, 0.15) is 71.1 Å². The van der Waals surface area contributed by atoms with Crippen molar-refractivity contribution in [1.29, 1.82) is 0 Å². The highest BCUT2D eigenvalue weighted by atomic mass is 19.3. The molecule has 3 aliphatic carbocycles. The first-order valence-corrected chi connectivity index (χ1v) is 9.18. The third kappa shape index (κ3) is 3.78. The van der Waals surface area contributed by atoms with E-state index in [1.807, 2.05) is 0 Å². The van der Waals surface area contributed by atoms with E-state index in [1.165, 1.54) is 32.1 Å². The van der Waals surface area contributed by atoms with Gasteiger partial charge >= 0.3 is 0 Å². The summed E-state index contributed by atoms with van der Waals surface area (Å²) in [7, 11) is 0. The summed E-state index contributed by atoms with van der Waals surface area (Å²) < 4.78 is 26.8. The maximum atomic E-state index is 13.4. The summed E-state index contributed by atoms with van der Waals surface area (Å²) in [4.78, 5) is 0. The molecule has 2 bridgehead atoms. The fourth-order valence-electron chi connectivity index (χ4n) is 5.23. The van der Waals surface area contributed by atoms with E-state index in [-0.39, 0.29) is 12.8 Å². The van der Waals surface area contributed by atoms with Crippen molar-refractivity contribution in [2.24, 2.45) is 23.7 Å². The molecule has 21 heavy (non-hydrogen) atoms. The van der Waals surface area contributed by atoms with Crippen LogP contribution in [0.3, 0.4) is 0 Å². The van der Waals surface area contributed by atoms with Gasteiger partial charge in [-0.3, -0.25) is 0 Å². The molecule has 3 fully saturated rings. The van der Waals surface area contributed by atoms with E-state index < -0.39 is 5.92 Å². The van der Waals surface area contributed by atoms with Crippen molar-refractivity contribution in [2.45, 2.75) is 83.1 Å². The van der Waals surface area contributed by atoms with Crippen LogP contribution in [-0.4, -0.2) is 18.5 Å². The minimum atomic E-state index is -2.39. The van der Waals surface area contributed by atoms with Gasteiger partial charge in [0.25, 0.3) is 0 Å². The zero-order chi connectivity index (χ0) is 14.9. The summed E-state index contributed by atoms with van der Waals surface area (Å²) in [5.74, 6) is 0.905. The summed E-state index contributed by atoms with van der Waals surface area (Å²) in [6, 6.07) is 0.491. The fourth-order valence-corrected chi connectivity index (χ4v) is 5.23. The molecular formula is C18H31F2N. The van der Waals surface area contributed by atoms with Crippen LogP contribution in [0.2, 0.25) is 0 Å². The number of hydrogen-bond donors (Lipinski definition) is 1. The number of rotatable bonds is 6. The topological polar surface area (TPSA) is 12.0 Å². The van der Waals surface area contributed by atoms with E-state index in [9.17, 15) is 8.78 Å². The van der Waals surface area contributed by atoms with E-state index in [4.69, 9.17) is 0 Å². The molecule has 0 aliphatic heterocycles. The van der Waals surface area contributed by atoms with E-state index >= 15 is 0 Å². The Bertz CT molecular complexity index is 334. The predicted molar refractivity (Wildman–Crippen MR) is 82.5 cm³/mol. The Kier molecular flexibility index (Phi) is 4.87. The summed E-state index contributed by atoms with van der Waals surface area (Å²) >= 11 is 0. The number of halogens is 2. The third-order valence-corrected chi connectivity index (χ3v) is 6.43. The van der Waals surface area contributed by atoms with Crippen LogP contribution < -0.4 is 5.32 Å². The first-order chi connectivity index (χ1) is 10.1. The van der Waals surface area contributed by atoms with Crippen molar-refractivity contribution >= 4 is 0 Å². The van der Waals surface area contributed by atoms with Crippen molar-refractivity contribution in [3.8, 4) is 0 Å². The molecule has 122 valence electrons. The van der Waals surface area contributed by atoms with E-state index in [0.717, 1.165) is 43.6 Å². The van der Waals surface area contributed by atoms with Gasteiger partial charge < -0.3 is 5.32 Å². The summed E-state index contributed by atoms with van der Waals surface area (Å²) in [6.07, 6.45) is 9.78. The van der Waals surface area contributed by atoms with Gasteiger partial charge in [-0.1, -0.05) is 13.3 Å². The first-order valence-electron chi connectivity index (χ1n) is 9.18. The number of alkyl halides is 2. The van der Waals surface area contributed by atoms with E-state index in [1.54, 1.807) is 0 Å². The van der Waals surface area contributed by atoms with Gasteiger partial charge in [0.2, 0.25) is 5.92 Å². The highest BCUT2D eigenvalue weighted by Gasteiger charge is 2.42. The molecular weight excluding hydrogens is 268 g/mol. The summed E-state index contributed by atoms with van der Waals surface area (Å²) in [5, 5.41) is 3.71. The Morgan fingerprint density at radius 1 is 1.10 bits per heavy atom. The van der Waals surface area contributed by atoms with Gasteiger partial charge in [-0.25, -0.2) is 8.78 Å². The van der Waals surface area contributed by atoms with Crippen LogP contribution >= 0.6 is 0 Å². The number of fused-ring (bicyclic) bond motifs is 2. The predicted octanol–water partition coefficient (Wildman–Crippen LogP) is 5.01. The van der Waals surface area contributed by atoms with Gasteiger partial charge in [0.15, 0.2) is 0 Å². The molecule has 3 heteroatoms. The zero-order valence-corrected chi connectivity index (χ0v) is 13.4. The average Bonchev–Trinajstić information content (AvgIpc) is 3.06. The van der Waals surface area contributed by atoms with Gasteiger partial charge in [-0.15, -0.1) is 0 Å². The van der Waals surface area contributed by atoms with Crippen molar-refractivity contribution in [1.82, 2.24) is 5.32 Å². The average molecular weight is 299 g/mol. The number of nitrogens with one attached hydrogen (secondary N) is 1. The molecule has 3 aliphatic rings. The molecule has 0 heterocycles. The standard InChI is InChI=1S/C18H31F2N/c1-2-9-21-17(14-5-7-18(19,20)8-6-14)12-16-11-13-3-4-15(16)10-13/h13-17,21H,2-12H2,1H3. The van der Waals surface area contributed by atoms with Crippen molar-refractivity contribution < 1.29 is 8.78 Å². The van der Waals surface area contributed by atoms with Gasteiger partial charge in [-0.2, -0.15) is 0 Å². The van der Waals surface area contributed by atoms with Crippen LogP contribution in [0.15, 0.2) is 0 Å². The molecule has 0 aromatic heterocycles. The molecule has 3 rings (SSSR count). The minimum absolute atomic E-state index is 0.110. The zero-order valence-electron chi connectivity index (χ0n) is 13.4. The molecule has 1 nitrogen and oxygen atoms in total. The largest absolute Gasteiger partial charge is 0.314 e. The maximum Gasteiger partial charge on any atom is 0.248 e. The molecule has 1 N–H and O–H groups in total. The molecule has 3 saturated carbocycles. The van der Waals surface area contributed by atoms with Crippen LogP contribution in [0.25, 0.3) is 0 Å². The van der Waals surface area contributed by atoms with Crippen LogP contribution in [0, 0.1) is 23.7 Å². The van der Waals surface area contributed by atoms with Gasteiger partial charge in [-0.05, 0) is 75.2 Å². The Morgan fingerprint density at radius 3 is 2.43 bits per heavy atom. The first kappa shape index (κ1) is 15.7.